The van der Waals surface area contributed by atoms with Gasteiger partial charge >= 0.3 is 0 Å². The normalized spacial score (nSPS) is 13.4. The highest BCUT2D eigenvalue weighted by molar-refractivity contribution is 14.0. The van der Waals surface area contributed by atoms with Crippen LogP contribution in [-0.4, -0.2) is 29.0 Å². The molecule has 0 saturated heterocycles. The highest BCUT2D eigenvalue weighted by atomic mass is 127. The Balaban J connectivity index is 0.00000364. The summed E-state index contributed by atoms with van der Waals surface area (Å²) in [6.07, 6.45) is 0. The molecule has 0 aromatic heterocycles. The molecule has 27 heavy (non-hydrogen) atoms. The minimum absolute atomic E-state index is 0. The number of nitrogens with one attached hydrogen (secondary N) is 2. The summed E-state index contributed by atoms with van der Waals surface area (Å²) in [5, 5.41) is 6.66. The lowest BCUT2D eigenvalue weighted by Crippen LogP contribution is -2.39. The highest BCUT2D eigenvalue weighted by Gasteiger charge is 2.10. The van der Waals surface area contributed by atoms with Crippen LogP contribution in [0, 0.1) is 0 Å². The maximum absolute atomic E-state index is 12.2. The van der Waals surface area contributed by atoms with Crippen LogP contribution in [0.3, 0.4) is 0 Å². The molecule has 0 fully saturated rings. The summed E-state index contributed by atoms with van der Waals surface area (Å²) in [5.74, 6) is 1.87. The van der Waals surface area contributed by atoms with Crippen molar-refractivity contribution in [3.63, 3.8) is 0 Å². The van der Waals surface area contributed by atoms with Crippen molar-refractivity contribution in [1.82, 2.24) is 10.6 Å². The summed E-state index contributed by atoms with van der Waals surface area (Å²) in [6.45, 7) is 5.44. The molecule has 2 aromatic rings. The Hall–Kier alpha value is -0.930. The summed E-state index contributed by atoms with van der Waals surface area (Å²) >= 11 is 3.59. The van der Waals surface area contributed by atoms with Crippen LogP contribution in [0.15, 0.2) is 64.1 Å². The first kappa shape index (κ1) is 24.1. The van der Waals surface area contributed by atoms with Crippen LogP contribution in [0.4, 0.5) is 0 Å². The summed E-state index contributed by atoms with van der Waals surface area (Å²) in [7, 11) is -0.914. The summed E-state index contributed by atoms with van der Waals surface area (Å²) in [6, 6.07) is 18.2. The van der Waals surface area contributed by atoms with Gasteiger partial charge in [0, 0.05) is 33.3 Å². The van der Waals surface area contributed by atoms with Gasteiger partial charge in [0.15, 0.2) is 5.96 Å². The molecule has 7 heteroatoms. The molecule has 2 aromatic carbocycles. The monoisotopic (exact) mass is 563 g/mol. The van der Waals surface area contributed by atoms with Crippen molar-refractivity contribution in [2.75, 3.05) is 18.8 Å². The van der Waals surface area contributed by atoms with Gasteiger partial charge in [-0.2, -0.15) is 0 Å². The highest BCUT2D eigenvalue weighted by Crippen LogP contribution is 2.22. The molecule has 0 spiro atoms. The Labute approximate surface area is 190 Å². The van der Waals surface area contributed by atoms with Gasteiger partial charge in [0.25, 0.3) is 0 Å². The zero-order chi connectivity index (χ0) is 18.8. The third-order valence-electron chi connectivity index (χ3n) is 3.83. The summed E-state index contributed by atoms with van der Waals surface area (Å²) < 4.78 is 13.3. The van der Waals surface area contributed by atoms with Crippen LogP contribution in [0.25, 0.3) is 0 Å². The van der Waals surface area contributed by atoms with Gasteiger partial charge in [-0.05, 0) is 31.0 Å². The van der Waals surface area contributed by atoms with Crippen molar-refractivity contribution in [1.29, 1.82) is 0 Å². The van der Waals surface area contributed by atoms with Crippen molar-refractivity contribution in [3.8, 4) is 0 Å². The molecule has 0 bridgehead atoms. The Morgan fingerprint density at radius 1 is 1.15 bits per heavy atom. The van der Waals surface area contributed by atoms with Crippen molar-refractivity contribution in [2.45, 2.75) is 25.6 Å². The molecule has 0 amide bonds. The van der Waals surface area contributed by atoms with Gasteiger partial charge < -0.3 is 10.6 Å². The van der Waals surface area contributed by atoms with E-state index in [9.17, 15) is 4.21 Å². The van der Waals surface area contributed by atoms with Crippen LogP contribution in [-0.2, 0) is 16.6 Å². The van der Waals surface area contributed by atoms with Crippen molar-refractivity contribution >= 4 is 56.7 Å². The van der Waals surface area contributed by atoms with Gasteiger partial charge in [-0.3, -0.25) is 9.20 Å². The third-order valence-corrected chi connectivity index (χ3v) is 5.84. The third kappa shape index (κ3) is 8.74. The number of hydrogen-bond donors (Lipinski definition) is 2. The molecule has 0 saturated carbocycles. The molecule has 4 nitrogen and oxygen atoms in total. The molecule has 2 N–H and O–H groups in total. The quantitative estimate of drug-likeness (QED) is 0.280. The zero-order valence-corrected chi connectivity index (χ0v) is 20.4. The lowest BCUT2D eigenvalue weighted by molar-refractivity contribution is 0.679. The number of aliphatic imine (C=N–C) groups is 1. The van der Waals surface area contributed by atoms with Crippen LogP contribution >= 0.6 is 39.9 Å². The standard InChI is InChI=1S/C20H26BrN3OS.HI/c1-3-22-20(24-16(2)18-11-7-8-12-19(18)21)23-13-14-26(25)15-17-9-5-4-6-10-17;/h4-12,16H,3,13-15H2,1-2H3,(H2,22,23,24);1H. The molecule has 0 radical (unpaired) electrons. The second-order valence-corrected chi connectivity index (χ2v) is 8.35. The first-order valence-electron chi connectivity index (χ1n) is 8.78. The van der Waals surface area contributed by atoms with E-state index in [-0.39, 0.29) is 30.0 Å². The largest absolute Gasteiger partial charge is 0.357 e. The number of rotatable bonds is 8. The zero-order valence-electron chi connectivity index (χ0n) is 15.7. The van der Waals surface area contributed by atoms with Gasteiger partial charge in [-0.1, -0.05) is 64.5 Å². The first-order valence-corrected chi connectivity index (χ1v) is 11.1. The molecule has 2 rings (SSSR count). The van der Waals surface area contributed by atoms with E-state index in [1.165, 1.54) is 5.56 Å². The fourth-order valence-corrected chi connectivity index (χ4v) is 4.15. The van der Waals surface area contributed by atoms with E-state index < -0.39 is 10.8 Å². The number of benzene rings is 2. The molecule has 0 aliphatic carbocycles. The molecule has 0 heterocycles. The van der Waals surface area contributed by atoms with E-state index in [0.717, 1.165) is 22.5 Å². The van der Waals surface area contributed by atoms with Crippen molar-refractivity contribution in [3.05, 3.63) is 70.2 Å². The van der Waals surface area contributed by atoms with E-state index in [1.54, 1.807) is 0 Å². The Morgan fingerprint density at radius 2 is 1.81 bits per heavy atom. The number of hydrogen-bond acceptors (Lipinski definition) is 2. The smallest absolute Gasteiger partial charge is 0.191 e. The molecule has 0 aliphatic rings. The topological polar surface area (TPSA) is 53.5 Å². The average Bonchev–Trinajstić information content (AvgIpc) is 2.63. The number of nitrogens with zero attached hydrogens (tertiary/aromatic N) is 1. The Kier molecular flexibility index (Phi) is 11.9. The fraction of sp³-hybridized carbons (Fsp3) is 0.350. The second kappa shape index (κ2) is 13.3. The number of guanidine groups is 1. The molecule has 148 valence electrons. The molecule has 2 unspecified atom stereocenters. The minimum Gasteiger partial charge on any atom is -0.357 e. The number of halogens is 2. The van der Waals surface area contributed by atoms with E-state index in [4.69, 9.17) is 0 Å². The van der Waals surface area contributed by atoms with E-state index in [0.29, 0.717) is 18.1 Å². The summed E-state index contributed by atoms with van der Waals surface area (Å²) in [4.78, 5) is 4.58. The maximum Gasteiger partial charge on any atom is 0.191 e. The summed E-state index contributed by atoms with van der Waals surface area (Å²) in [5.41, 5.74) is 2.27. The lowest BCUT2D eigenvalue weighted by atomic mass is 10.1. The molecule has 0 aliphatic heterocycles. The minimum atomic E-state index is -0.914. The van der Waals surface area contributed by atoms with Gasteiger partial charge in [0.05, 0.1) is 12.6 Å². The predicted octanol–water partition coefficient (Wildman–Crippen LogP) is 4.63. The second-order valence-electron chi connectivity index (χ2n) is 5.92. The molecule has 2 atom stereocenters. The Bertz CT molecular complexity index is 743. The Morgan fingerprint density at radius 3 is 2.48 bits per heavy atom. The average molecular weight is 564 g/mol. The van der Waals surface area contributed by atoms with Gasteiger partial charge in [-0.15, -0.1) is 24.0 Å². The predicted molar refractivity (Wildman–Crippen MR) is 130 cm³/mol. The van der Waals surface area contributed by atoms with E-state index >= 15 is 0 Å². The SMILES string of the molecule is CCNC(=NCCS(=O)Cc1ccccc1)NC(C)c1ccccc1Br.I. The first-order chi connectivity index (χ1) is 12.6. The van der Waals surface area contributed by atoms with Crippen LogP contribution < -0.4 is 10.6 Å². The maximum atomic E-state index is 12.2. The van der Waals surface area contributed by atoms with E-state index in [2.05, 4.69) is 44.5 Å². The molecular formula is C20H27BrIN3OS. The lowest BCUT2D eigenvalue weighted by Gasteiger charge is -2.19. The van der Waals surface area contributed by atoms with Gasteiger partial charge in [0.2, 0.25) is 0 Å². The van der Waals surface area contributed by atoms with Crippen LogP contribution in [0.2, 0.25) is 0 Å². The van der Waals surface area contributed by atoms with Crippen molar-refractivity contribution < 1.29 is 4.21 Å². The van der Waals surface area contributed by atoms with Crippen molar-refractivity contribution in [2.24, 2.45) is 4.99 Å². The fourth-order valence-electron chi connectivity index (χ4n) is 2.52. The van der Waals surface area contributed by atoms with Crippen LogP contribution in [0.1, 0.15) is 31.0 Å². The van der Waals surface area contributed by atoms with Gasteiger partial charge in [0.1, 0.15) is 0 Å². The van der Waals surface area contributed by atoms with Gasteiger partial charge in [-0.25, -0.2) is 0 Å². The molecular weight excluding hydrogens is 537 g/mol. The van der Waals surface area contributed by atoms with Crippen LogP contribution in [0.5, 0.6) is 0 Å². The van der Waals surface area contributed by atoms with E-state index in [1.807, 2.05) is 55.5 Å².